The summed E-state index contributed by atoms with van der Waals surface area (Å²) in [6.45, 7) is 1.08. The number of carbonyl (C=O) groups excluding carboxylic acids is 1. The second-order valence-electron chi connectivity index (χ2n) is 4.32. The maximum Gasteiger partial charge on any atom is 0.251 e. The van der Waals surface area contributed by atoms with Crippen molar-refractivity contribution in [3.8, 4) is 11.8 Å². The number of aryl methyl sites for hydroxylation is 1. The molecule has 0 fully saturated rings. The molecule has 6 heteroatoms. The molecule has 1 aromatic carbocycles. The monoisotopic (exact) mass is 284 g/mol. The van der Waals surface area contributed by atoms with Gasteiger partial charge in [-0.15, -0.1) is 5.10 Å². The lowest BCUT2D eigenvalue weighted by molar-refractivity contribution is 0.0952. The van der Waals surface area contributed by atoms with E-state index in [1.54, 1.807) is 41.3 Å². The summed E-state index contributed by atoms with van der Waals surface area (Å²) in [4.78, 5) is 12.0. The molecule has 0 aliphatic heterocycles. The first kappa shape index (κ1) is 14.8. The molecule has 0 atom stereocenters. The standard InChI is InChI=1S/C15H16N4O2/c20-11-2-5-13-4-1-6-14(12-13)15(21)16-7-3-9-19-10-8-17-18-19/h1,4,6,8,10,12,20H,3,7,9,11H2,(H,16,21). The molecule has 6 nitrogen and oxygen atoms in total. The molecular weight excluding hydrogens is 268 g/mol. The maximum absolute atomic E-state index is 12.0. The maximum atomic E-state index is 12.0. The second kappa shape index (κ2) is 7.82. The van der Waals surface area contributed by atoms with E-state index in [4.69, 9.17) is 5.11 Å². The number of hydrogen-bond donors (Lipinski definition) is 2. The number of aliphatic hydroxyl groups excluding tert-OH is 1. The highest BCUT2D eigenvalue weighted by Gasteiger charge is 2.04. The Morgan fingerprint density at radius 2 is 2.33 bits per heavy atom. The molecule has 0 saturated carbocycles. The van der Waals surface area contributed by atoms with E-state index >= 15 is 0 Å². The van der Waals surface area contributed by atoms with E-state index in [0.717, 1.165) is 6.42 Å². The van der Waals surface area contributed by atoms with Crippen LogP contribution in [0.15, 0.2) is 36.7 Å². The van der Waals surface area contributed by atoms with E-state index < -0.39 is 0 Å². The molecule has 1 aromatic heterocycles. The Hall–Kier alpha value is -2.65. The molecule has 0 spiro atoms. The Morgan fingerprint density at radius 3 is 3.10 bits per heavy atom. The fourth-order valence-corrected chi connectivity index (χ4v) is 1.78. The van der Waals surface area contributed by atoms with E-state index in [-0.39, 0.29) is 12.5 Å². The van der Waals surface area contributed by atoms with Crippen molar-refractivity contribution in [1.29, 1.82) is 0 Å². The zero-order valence-electron chi connectivity index (χ0n) is 11.5. The number of amides is 1. The smallest absolute Gasteiger partial charge is 0.251 e. The van der Waals surface area contributed by atoms with Gasteiger partial charge in [-0.05, 0) is 24.6 Å². The second-order valence-corrected chi connectivity index (χ2v) is 4.32. The van der Waals surface area contributed by atoms with Crippen molar-refractivity contribution in [2.24, 2.45) is 0 Å². The Balaban J connectivity index is 1.82. The van der Waals surface area contributed by atoms with Crippen LogP contribution in [0, 0.1) is 11.8 Å². The van der Waals surface area contributed by atoms with E-state index in [0.29, 0.717) is 24.2 Å². The molecule has 21 heavy (non-hydrogen) atoms. The van der Waals surface area contributed by atoms with E-state index in [9.17, 15) is 4.79 Å². The van der Waals surface area contributed by atoms with Crippen LogP contribution in [0.5, 0.6) is 0 Å². The van der Waals surface area contributed by atoms with E-state index in [2.05, 4.69) is 27.5 Å². The van der Waals surface area contributed by atoms with Crippen LogP contribution in [0.2, 0.25) is 0 Å². The molecule has 2 aromatic rings. The summed E-state index contributed by atoms with van der Waals surface area (Å²) in [7, 11) is 0. The third-order valence-electron chi connectivity index (χ3n) is 2.76. The Kier molecular flexibility index (Phi) is 5.50. The van der Waals surface area contributed by atoms with E-state index in [1.165, 1.54) is 0 Å². The molecule has 108 valence electrons. The van der Waals surface area contributed by atoms with Gasteiger partial charge in [0.05, 0.1) is 6.20 Å². The first-order valence-electron chi connectivity index (χ1n) is 6.61. The molecule has 1 amide bonds. The summed E-state index contributed by atoms with van der Waals surface area (Å²) in [5.74, 6) is 5.20. The molecule has 0 saturated heterocycles. The lowest BCUT2D eigenvalue weighted by Crippen LogP contribution is -2.25. The molecular formula is C15H16N4O2. The molecule has 0 unspecified atom stereocenters. The minimum Gasteiger partial charge on any atom is -0.384 e. The first-order chi connectivity index (χ1) is 10.3. The lowest BCUT2D eigenvalue weighted by Gasteiger charge is -2.05. The predicted octanol–water partition coefficient (Wildman–Crippen LogP) is 0.442. The molecule has 0 aliphatic rings. The number of aliphatic hydroxyl groups is 1. The van der Waals surface area contributed by atoms with Crippen molar-refractivity contribution in [2.75, 3.05) is 13.2 Å². The van der Waals surface area contributed by atoms with Gasteiger partial charge in [-0.2, -0.15) is 0 Å². The first-order valence-corrected chi connectivity index (χ1v) is 6.61. The average Bonchev–Trinajstić information content (AvgIpc) is 3.03. The van der Waals surface area contributed by atoms with Gasteiger partial charge < -0.3 is 10.4 Å². The van der Waals surface area contributed by atoms with Crippen LogP contribution in [0.4, 0.5) is 0 Å². The number of hydrogen-bond acceptors (Lipinski definition) is 4. The third kappa shape index (κ3) is 4.75. The molecule has 0 radical (unpaired) electrons. The molecule has 0 bridgehead atoms. The van der Waals surface area contributed by atoms with Crippen LogP contribution in [0.1, 0.15) is 22.3 Å². The zero-order valence-corrected chi connectivity index (χ0v) is 11.5. The third-order valence-corrected chi connectivity index (χ3v) is 2.76. The van der Waals surface area contributed by atoms with Crippen LogP contribution in [0.3, 0.4) is 0 Å². The van der Waals surface area contributed by atoms with Crippen LogP contribution >= 0.6 is 0 Å². The highest BCUT2D eigenvalue weighted by Crippen LogP contribution is 2.04. The Morgan fingerprint density at radius 1 is 1.43 bits per heavy atom. The van der Waals surface area contributed by atoms with Gasteiger partial charge in [-0.3, -0.25) is 9.48 Å². The zero-order chi connectivity index (χ0) is 14.9. The van der Waals surface area contributed by atoms with Crippen molar-refractivity contribution in [1.82, 2.24) is 20.3 Å². The van der Waals surface area contributed by atoms with Gasteiger partial charge in [0.25, 0.3) is 5.91 Å². The van der Waals surface area contributed by atoms with Crippen LogP contribution in [0.25, 0.3) is 0 Å². The highest BCUT2D eigenvalue weighted by molar-refractivity contribution is 5.94. The van der Waals surface area contributed by atoms with Gasteiger partial charge in [0.15, 0.2) is 0 Å². The number of benzene rings is 1. The van der Waals surface area contributed by atoms with Crippen molar-refractivity contribution in [2.45, 2.75) is 13.0 Å². The van der Waals surface area contributed by atoms with Gasteiger partial charge in [0.1, 0.15) is 6.61 Å². The van der Waals surface area contributed by atoms with Crippen molar-refractivity contribution in [3.05, 3.63) is 47.8 Å². The largest absolute Gasteiger partial charge is 0.384 e. The fourth-order valence-electron chi connectivity index (χ4n) is 1.78. The van der Waals surface area contributed by atoms with Gasteiger partial charge in [0, 0.05) is 30.4 Å². The van der Waals surface area contributed by atoms with Crippen LogP contribution in [-0.2, 0) is 6.54 Å². The summed E-state index contributed by atoms with van der Waals surface area (Å²) in [5, 5.41) is 19.1. The lowest BCUT2D eigenvalue weighted by atomic mass is 10.1. The molecule has 2 rings (SSSR count). The number of carbonyl (C=O) groups is 1. The highest BCUT2D eigenvalue weighted by atomic mass is 16.2. The SMILES string of the molecule is O=C(NCCCn1ccnn1)c1cccc(C#CCO)c1. The summed E-state index contributed by atoms with van der Waals surface area (Å²) in [6, 6.07) is 7.00. The Labute approximate surface area is 122 Å². The van der Waals surface area contributed by atoms with Gasteiger partial charge in [-0.1, -0.05) is 23.1 Å². The van der Waals surface area contributed by atoms with Gasteiger partial charge >= 0.3 is 0 Å². The van der Waals surface area contributed by atoms with Crippen molar-refractivity contribution in [3.63, 3.8) is 0 Å². The normalized spacial score (nSPS) is 9.76. The summed E-state index contributed by atoms with van der Waals surface area (Å²) in [6.07, 6.45) is 4.18. The number of nitrogens with zero attached hydrogens (tertiary/aromatic N) is 3. The summed E-state index contributed by atoms with van der Waals surface area (Å²) >= 11 is 0. The van der Waals surface area contributed by atoms with Crippen LogP contribution in [-0.4, -0.2) is 39.2 Å². The van der Waals surface area contributed by atoms with Gasteiger partial charge in [-0.25, -0.2) is 0 Å². The number of nitrogens with one attached hydrogen (secondary N) is 1. The summed E-state index contributed by atoms with van der Waals surface area (Å²) in [5.41, 5.74) is 1.26. The topological polar surface area (TPSA) is 80.0 Å². The Bertz CT molecular complexity index is 641. The number of rotatable bonds is 5. The minimum absolute atomic E-state index is 0.138. The van der Waals surface area contributed by atoms with Crippen molar-refractivity contribution >= 4 is 5.91 Å². The van der Waals surface area contributed by atoms with Crippen molar-refractivity contribution < 1.29 is 9.90 Å². The predicted molar refractivity (Wildman–Crippen MR) is 77.4 cm³/mol. The van der Waals surface area contributed by atoms with Crippen LogP contribution < -0.4 is 5.32 Å². The fraction of sp³-hybridized carbons (Fsp3) is 0.267. The molecule has 2 N–H and O–H groups in total. The summed E-state index contributed by atoms with van der Waals surface area (Å²) < 4.78 is 1.72. The number of aromatic nitrogens is 3. The quantitative estimate of drug-likeness (QED) is 0.617. The minimum atomic E-state index is -0.196. The molecule has 0 aliphatic carbocycles. The van der Waals surface area contributed by atoms with Gasteiger partial charge in [0.2, 0.25) is 0 Å². The average molecular weight is 284 g/mol. The van der Waals surface area contributed by atoms with E-state index in [1.807, 2.05) is 0 Å². The molecule has 1 heterocycles.